The zero-order valence-corrected chi connectivity index (χ0v) is 9.97. The third-order valence-electron chi connectivity index (χ3n) is 2.73. The highest BCUT2D eigenvalue weighted by Crippen LogP contribution is 2.09. The molecule has 0 aliphatic rings. The molecule has 0 atom stereocenters. The molecule has 1 aromatic heterocycles. The summed E-state index contributed by atoms with van der Waals surface area (Å²) in [6.07, 6.45) is 2.60. The first-order valence-electron chi connectivity index (χ1n) is 5.68. The van der Waals surface area contributed by atoms with Gasteiger partial charge in [-0.1, -0.05) is 18.2 Å². The molecule has 2 N–H and O–H groups in total. The maximum atomic E-state index is 5.62. The lowest BCUT2D eigenvalue weighted by molar-refractivity contribution is 0.317. The Hall–Kier alpha value is -1.81. The minimum Gasteiger partial charge on any atom is -0.493 e. The van der Waals surface area contributed by atoms with Crippen LogP contribution in [0.25, 0.3) is 0 Å². The highest BCUT2D eigenvalue weighted by atomic mass is 16.5. The number of rotatable bonds is 5. The van der Waals surface area contributed by atoms with Crippen molar-refractivity contribution in [3.63, 3.8) is 0 Å². The topological polar surface area (TPSA) is 53.1 Å². The molecule has 17 heavy (non-hydrogen) atoms. The Morgan fingerprint density at radius 3 is 2.71 bits per heavy atom. The van der Waals surface area contributed by atoms with Gasteiger partial charge in [-0.2, -0.15) is 0 Å². The molecular weight excluding hydrogens is 214 g/mol. The predicted octanol–water partition coefficient (Wildman–Crippen LogP) is 1.50. The average molecular weight is 231 g/mol. The molecule has 0 bridgehead atoms. The number of nitrogens with zero attached hydrogens (tertiary/aromatic N) is 2. The van der Waals surface area contributed by atoms with Crippen molar-refractivity contribution in [2.24, 2.45) is 12.8 Å². The lowest BCUT2D eigenvalue weighted by Crippen LogP contribution is -2.09. The van der Waals surface area contributed by atoms with E-state index in [1.807, 2.05) is 48.1 Å². The van der Waals surface area contributed by atoms with Gasteiger partial charge in [0.25, 0.3) is 0 Å². The van der Waals surface area contributed by atoms with E-state index >= 15 is 0 Å². The van der Waals surface area contributed by atoms with Crippen molar-refractivity contribution in [1.29, 1.82) is 0 Å². The van der Waals surface area contributed by atoms with Crippen LogP contribution < -0.4 is 10.5 Å². The summed E-state index contributed by atoms with van der Waals surface area (Å²) in [7, 11) is 1.98. The molecule has 0 saturated heterocycles. The van der Waals surface area contributed by atoms with Gasteiger partial charge in [-0.15, -0.1) is 0 Å². The molecule has 4 heteroatoms. The number of ether oxygens (including phenoxy) is 1. The molecule has 0 radical (unpaired) electrons. The van der Waals surface area contributed by atoms with Gasteiger partial charge in [-0.05, 0) is 12.1 Å². The van der Waals surface area contributed by atoms with Crippen molar-refractivity contribution >= 4 is 0 Å². The SMILES string of the molecule is Cn1c(CN)cnc1CCOc1ccccc1. The quantitative estimate of drug-likeness (QED) is 0.848. The second-order valence-corrected chi connectivity index (χ2v) is 3.84. The van der Waals surface area contributed by atoms with E-state index in [2.05, 4.69) is 4.98 Å². The average Bonchev–Trinajstić information content (AvgIpc) is 2.72. The van der Waals surface area contributed by atoms with Crippen molar-refractivity contribution in [3.8, 4) is 5.75 Å². The van der Waals surface area contributed by atoms with Crippen molar-refractivity contribution in [1.82, 2.24) is 9.55 Å². The number of imidazole rings is 1. The summed E-state index contributed by atoms with van der Waals surface area (Å²) in [5, 5.41) is 0. The first-order valence-corrected chi connectivity index (χ1v) is 5.68. The van der Waals surface area contributed by atoms with Crippen molar-refractivity contribution < 1.29 is 4.74 Å². The minimum absolute atomic E-state index is 0.517. The van der Waals surface area contributed by atoms with Crippen LogP contribution in [0, 0.1) is 0 Å². The summed E-state index contributed by atoms with van der Waals surface area (Å²) in [6, 6.07) is 9.79. The molecule has 1 heterocycles. The molecule has 4 nitrogen and oxygen atoms in total. The summed E-state index contributed by atoms with van der Waals surface area (Å²) in [4.78, 5) is 4.32. The monoisotopic (exact) mass is 231 g/mol. The number of nitrogens with two attached hydrogens (primary N) is 1. The number of hydrogen-bond acceptors (Lipinski definition) is 3. The van der Waals surface area contributed by atoms with Gasteiger partial charge >= 0.3 is 0 Å². The summed E-state index contributed by atoms with van der Waals surface area (Å²) >= 11 is 0. The summed E-state index contributed by atoms with van der Waals surface area (Å²) in [5.41, 5.74) is 6.63. The highest BCUT2D eigenvalue weighted by molar-refractivity contribution is 5.20. The van der Waals surface area contributed by atoms with E-state index in [0.29, 0.717) is 13.2 Å². The Labute approximate surface area is 101 Å². The van der Waals surface area contributed by atoms with E-state index in [1.54, 1.807) is 0 Å². The van der Waals surface area contributed by atoms with Crippen LogP contribution in [0.4, 0.5) is 0 Å². The largest absolute Gasteiger partial charge is 0.493 e. The number of para-hydroxylation sites is 1. The first kappa shape index (κ1) is 11.7. The zero-order valence-electron chi connectivity index (χ0n) is 9.97. The molecule has 0 unspecified atom stereocenters. The Morgan fingerprint density at radius 2 is 2.06 bits per heavy atom. The van der Waals surface area contributed by atoms with E-state index in [4.69, 9.17) is 10.5 Å². The minimum atomic E-state index is 0.517. The van der Waals surface area contributed by atoms with Crippen molar-refractivity contribution in [2.45, 2.75) is 13.0 Å². The van der Waals surface area contributed by atoms with Crippen LogP contribution in [0.5, 0.6) is 5.75 Å². The van der Waals surface area contributed by atoms with Gasteiger partial charge in [0, 0.05) is 26.2 Å². The fourth-order valence-electron chi connectivity index (χ4n) is 1.69. The van der Waals surface area contributed by atoms with Crippen LogP contribution in [0.3, 0.4) is 0 Å². The van der Waals surface area contributed by atoms with Crippen LogP contribution >= 0.6 is 0 Å². The van der Waals surface area contributed by atoms with Crippen LogP contribution in [0.15, 0.2) is 36.5 Å². The van der Waals surface area contributed by atoms with Crippen molar-refractivity contribution in [3.05, 3.63) is 48.0 Å². The third kappa shape index (κ3) is 2.85. The predicted molar refractivity (Wildman–Crippen MR) is 66.7 cm³/mol. The van der Waals surface area contributed by atoms with Gasteiger partial charge in [0.1, 0.15) is 11.6 Å². The van der Waals surface area contributed by atoms with E-state index in [-0.39, 0.29) is 0 Å². The fourth-order valence-corrected chi connectivity index (χ4v) is 1.69. The molecule has 90 valence electrons. The van der Waals surface area contributed by atoms with Gasteiger partial charge in [-0.25, -0.2) is 4.98 Å². The van der Waals surface area contributed by atoms with Gasteiger partial charge in [-0.3, -0.25) is 0 Å². The molecule has 2 rings (SSSR count). The molecule has 0 aliphatic heterocycles. The number of hydrogen-bond donors (Lipinski definition) is 1. The summed E-state index contributed by atoms with van der Waals surface area (Å²) < 4.78 is 7.65. The van der Waals surface area contributed by atoms with E-state index in [1.165, 1.54) is 0 Å². The first-order chi connectivity index (χ1) is 8.31. The van der Waals surface area contributed by atoms with Gasteiger partial charge in [0.2, 0.25) is 0 Å². The fraction of sp³-hybridized carbons (Fsp3) is 0.308. The highest BCUT2D eigenvalue weighted by Gasteiger charge is 2.04. The zero-order chi connectivity index (χ0) is 12.1. The Balaban J connectivity index is 1.88. The normalized spacial score (nSPS) is 10.5. The molecule has 2 aromatic rings. The van der Waals surface area contributed by atoms with Crippen LogP contribution in [-0.2, 0) is 20.0 Å². The Kier molecular flexibility index (Phi) is 3.77. The molecule has 0 saturated carbocycles. The Morgan fingerprint density at radius 1 is 1.29 bits per heavy atom. The maximum absolute atomic E-state index is 5.62. The van der Waals surface area contributed by atoms with Crippen molar-refractivity contribution in [2.75, 3.05) is 6.61 Å². The maximum Gasteiger partial charge on any atom is 0.119 e. The van der Waals surface area contributed by atoms with Crippen LogP contribution in [0.2, 0.25) is 0 Å². The Bertz CT molecular complexity index is 465. The van der Waals surface area contributed by atoms with Gasteiger partial charge < -0.3 is 15.0 Å². The van der Waals surface area contributed by atoms with Crippen LogP contribution in [0.1, 0.15) is 11.5 Å². The lowest BCUT2D eigenvalue weighted by atomic mass is 10.3. The molecular formula is C13H17N3O. The van der Waals surface area contributed by atoms with E-state index in [0.717, 1.165) is 23.7 Å². The molecule has 0 amide bonds. The second-order valence-electron chi connectivity index (χ2n) is 3.84. The third-order valence-corrected chi connectivity index (χ3v) is 2.73. The summed E-state index contributed by atoms with van der Waals surface area (Å²) in [5.74, 6) is 1.89. The molecule has 0 fully saturated rings. The number of benzene rings is 1. The van der Waals surface area contributed by atoms with Crippen LogP contribution in [-0.4, -0.2) is 16.2 Å². The molecule has 0 spiro atoms. The lowest BCUT2D eigenvalue weighted by Gasteiger charge is -2.06. The van der Waals surface area contributed by atoms with E-state index in [9.17, 15) is 0 Å². The smallest absolute Gasteiger partial charge is 0.119 e. The second kappa shape index (κ2) is 5.50. The standard InChI is InChI=1S/C13H17N3O/c1-16-11(9-14)10-15-13(16)7-8-17-12-5-3-2-4-6-12/h2-6,10H,7-9,14H2,1H3. The number of aromatic nitrogens is 2. The van der Waals surface area contributed by atoms with E-state index < -0.39 is 0 Å². The summed E-state index contributed by atoms with van der Waals surface area (Å²) in [6.45, 7) is 1.14. The van der Waals surface area contributed by atoms with Gasteiger partial charge in [0.05, 0.1) is 12.3 Å². The van der Waals surface area contributed by atoms with Gasteiger partial charge in [0.15, 0.2) is 0 Å². The molecule has 1 aromatic carbocycles. The molecule has 0 aliphatic carbocycles.